The third-order valence-electron chi connectivity index (χ3n) is 3.46. The number of nitrogens with zero attached hydrogens (tertiary/aromatic N) is 1. The summed E-state index contributed by atoms with van der Waals surface area (Å²) in [4.78, 5) is 14.0. The molecule has 3 nitrogen and oxygen atoms in total. The SMILES string of the molecule is CC1(O)CCN(C(=O)C(Cl)c2ccccc2)CC1. The van der Waals surface area contributed by atoms with Gasteiger partial charge < -0.3 is 10.0 Å². The molecule has 1 heterocycles. The van der Waals surface area contributed by atoms with E-state index in [1.165, 1.54) is 0 Å². The number of piperidine rings is 1. The summed E-state index contributed by atoms with van der Waals surface area (Å²) in [5, 5.41) is 9.23. The van der Waals surface area contributed by atoms with Crippen LogP contribution in [0.1, 0.15) is 30.7 Å². The highest BCUT2D eigenvalue weighted by Gasteiger charge is 2.32. The van der Waals surface area contributed by atoms with Gasteiger partial charge in [-0.2, -0.15) is 0 Å². The van der Waals surface area contributed by atoms with Crippen LogP contribution in [-0.4, -0.2) is 34.6 Å². The number of alkyl halides is 1. The third-order valence-corrected chi connectivity index (χ3v) is 3.90. The summed E-state index contributed by atoms with van der Waals surface area (Å²) >= 11 is 6.21. The highest BCUT2D eigenvalue weighted by molar-refractivity contribution is 6.30. The summed E-state index contributed by atoms with van der Waals surface area (Å²) in [5.41, 5.74) is 0.173. The van der Waals surface area contributed by atoms with Crippen molar-refractivity contribution in [2.45, 2.75) is 30.7 Å². The van der Waals surface area contributed by atoms with E-state index in [2.05, 4.69) is 0 Å². The van der Waals surface area contributed by atoms with Crippen molar-refractivity contribution in [2.24, 2.45) is 0 Å². The number of hydrogen-bond donors (Lipinski definition) is 1. The maximum atomic E-state index is 12.2. The fourth-order valence-electron chi connectivity index (χ4n) is 2.13. The minimum Gasteiger partial charge on any atom is -0.390 e. The standard InChI is InChI=1S/C14H18ClNO2/c1-14(18)7-9-16(10-8-14)13(17)12(15)11-5-3-2-4-6-11/h2-6,12,18H,7-10H2,1H3. The van der Waals surface area contributed by atoms with E-state index in [4.69, 9.17) is 11.6 Å². The predicted octanol–water partition coefficient (Wildman–Crippen LogP) is 2.34. The zero-order valence-electron chi connectivity index (χ0n) is 10.5. The first-order chi connectivity index (χ1) is 8.49. The lowest BCUT2D eigenvalue weighted by atomic mass is 9.93. The molecule has 0 bridgehead atoms. The Bertz CT molecular complexity index is 409. The summed E-state index contributed by atoms with van der Waals surface area (Å²) in [6, 6.07) is 9.36. The van der Waals surface area contributed by atoms with Gasteiger partial charge in [0, 0.05) is 13.1 Å². The molecule has 98 valence electrons. The zero-order valence-corrected chi connectivity index (χ0v) is 11.2. The number of benzene rings is 1. The average molecular weight is 268 g/mol. The van der Waals surface area contributed by atoms with Crippen LogP contribution < -0.4 is 0 Å². The number of carbonyl (C=O) groups is 1. The van der Waals surface area contributed by atoms with Crippen molar-refractivity contribution in [3.8, 4) is 0 Å². The molecule has 1 amide bonds. The normalized spacial score (nSPS) is 20.5. The maximum Gasteiger partial charge on any atom is 0.245 e. The molecule has 1 aromatic carbocycles. The van der Waals surface area contributed by atoms with Crippen LogP contribution in [0.25, 0.3) is 0 Å². The largest absolute Gasteiger partial charge is 0.390 e. The number of rotatable bonds is 2. The van der Waals surface area contributed by atoms with Gasteiger partial charge in [-0.25, -0.2) is 0 Å². The van der Waals surface area contributed by atoms with E-state index in [1.54, 1.807) is 4.90 Å². The number of halogens is 1. The molecule has 1 aliphatic rings. The monoisotopic (exact) mass is 267 g/mol. The molecular weight excluding hydrogens is 250 g/mol. The van der Waals surface area contributed by atoms with E-state index in [0.717, 1.165) is 5.56 Å². The van der Waals surface area contributed by atoms with Gasteiger partial charge in [0.05, 0.1) is 5.60 Å². The van der Waals surface area contributed by atoms with Gasteiger partial charge in [0.25, 0.3) is 0 Å². The summed E-state index contributed by atoms with van der Waals surface area (Å²) < 4.78 is 0. The Morgan fingerprint density at radius 1 is 1.33 bits per heavy atom. The molecule has 0 aromatic heterocycles. The molecule has 18 heavy (non-hydrogen) atoms. The van der Waals surface area contributed by atoms with E-state index in [0.29, 0.717) is 25.9 Å². The molecule has 0 radical (unpaired) electrons. The summed E-state index contributed by atoms with van der Waals surface area (Å²) in [7, 11) is 0. The van der Waals surface area contributed by atoms with Crippen molar-refractivity contribution in [3.05, 3.63) is 35.9 Å². The van der Waals surface area contributed by atoms with Gasteiger partial charge in [0.2, 0.25) is 5.91 Å². The summed E-state index contributed by atoms with van der Waals surface area (Å²) in [6.45, 7) is 2.95. The fourth-order valence-corrected chi connectivity index (χ4v) is 2.42. The van der Waals surface area contributed by atoms with Crippen molar-refractivity contribution in [2.75, 3.05) is 13.1 Å². The van der Waals surface area contributed by atoms with Crippen molar-refractivity contribution in [1.29, 1.82) is 0 Å². The van der Waals surface area contributed by atoms with Crippen LogP contribution in [0.3, 0.4) is 0 Å². The number of hydrogen-bond acceptors (Lipinski definition) is 2. The van der Waals surface area contributed by atoms with Crippen molar-refractivity contribution >= 4 is 17.5 Å². The number of likely N-dealkylation sites (tertiary alicyclic amines) is 1. The van der Waals surface area contributed by atoms with Crippen molar-refractivity contribution in [3.63, 3.8) is 0 Å². The lowest BCUT2D eigenvalue weighted by molar-refractivity contribution is -0.134. The fraction of sp³-hybridized carbons (Fsp3) is 0.500. The van der Waals surface area contributed by atoms with E-state index in [9.17, 15) is 9.90 Å². The number of carbonyl (C=O) groups excluding carboxylic acids is 1. The zero-order chi connectivity index (χ0) is 13.2. The van der Waals surface area contributed by atoms with Crippen molar-refractivity contribution < 1.29 is 9.90 Å². The molecule has 1 fully saturated rings. The maximum absolute atomic E-state index is 12.2. The second kappa shape index (κ2) is 5.29. The molecule has 1 aliphatic heterocycles. The highest BCUT2D eigenvalue weighted by Crippen LogP contribution is 2.27. The van der Waals surface area contributed by atoms with Crippen LogP contribution >= 0.6 is 11.6 Å². The van der Waals surface area contributed by atoms with Crippen LogP contribution in [-0.2, 0) is 4.79 Å². The van der Waals surface area contributed by atoms with Gasteiger partial charge in [0.15, 0.2) is 0 Å². The molecule has 1 unspecified atom stereocenters. The molecule has 1 N–H and O–H groups in total. The van der Waals surface area contributed by atoms with Gasteiger partial charge >= 0.3 is 0 Å². The molecule has 2 rings (SSSR count). The Morgan fingerprint density at radius 2 is 1.89 bits per heavy atom. The van der Waals surface area contributed by atoms with Crippen LogP contribution in [0.15, 0.2) is 30.3 Å². The topological polar surface area (TPSA) is 40.5 Å². The molecule has 1 aromatic rings. The number of amides is 1. The first-order valence-electron chi connectivity index (χ1n) is 6.20. The third kappa shape index (κ3) is 3.03. The molecule has 1 atom stereocenters. The van der Waals surface area contributed by atoms with Crippen LogP contribution in [0.4, 0.5) is 0 Å². The van der Waals surface area contributed by atoms with E-state index >= 15 is 0 Å². The molecule has 0 saturated carbocycles. The highest BCUT2D eigenvalue weighted by atomic mass is 35.5. The lowest BCUT2D eigenvalue weighted by Gasteiger charge is -2.36. The van der Waals surface area contributed by atoms with E-state index in [-0.39, 0.29) is 5.91 Å². The minimum atomic E-state index is -0.647. The molecular formula is C14H18ClNO2. The van der Waals surface area contributed by atoms with Gasteiger partial charge in [-0.3, -0.25) is 4.79 Å². The van der Waals surface area contributed by atoms with E-state index < -0.39 is 11.0 Å². The Labute approximate surface area is 112 Å². The lowest BCUT2D eigenvalue weighted by Crippen LogP contribution is -2.46. The molecule has 0 spiro atoms. The number of aliphatic hydroxyl groups is 1. The second-order valence-corrected chi connectivity index (χ2v) is 5.53. The molecule has 4 heteroatoms. The average Bonchev–Trinajstić information content (AvgIpc) is 2.38. The molecule has 0 aliphatic carbocycles. The van der Waals surface area contributed by atoms with Crippen LogP contribution in [0.5, 0.6) is 0 Å². The Balaban J connectivity index is 2.00. The molecule has 1 saturated heterocycles. The first-order valence-corrected chi connectivity index (χ1v) is 6.63. The predicted molar refractivity (Wildman–Crippen MR) is 71.5 cm³/mol. The van der Waals surface area contributed by atoms with Gasteiger partial charge in [0.1, 0.15) is 5.38 Å². The summed E-state index contributed by atoms with van der Waals surface area (Å²) in [5.74, 6) is -0.0710. The van der Waals surface area contributed by atoms with Gasteiger partial charge in [-0.05, 0) is 25.3 Å². The van der Waals surface area contributed by atoms with Crippen LogP contribution in [0, 0.1) is 0 Å². The van der Waals surface area contributed by atoms with E-state index in [1.807, 2.05) is 37.3 Å². The Kier molecular flexibility index (Phi) is 3.93. The second-order valence-electron chi connectivity index (χ2n) is 5.10. The van der Waals surface area contributed by atoms with Crippen LogP contribution in [0.2, 0.25) is 0 Å². The quantitative estimate of drug-likeness (QED) is 0.836. The summed E-state index contributed by atoms with van der Waals surface area (Å²) in [6.07, 6.45) is 1.22. The smallest absolute Gasteiger partial charge is 0.245 e. The first kappa shape index (κ1) is 13.4. The van der Waals surface area contributed by atoms with Crippen molar-refractivity contribution in [1.82, 2.24) is 4.90 Å². The Hall–Kier alpha value is -1.06. The Morgan fingerprint density at radius 3 is 2.44 bits per heavy atom. The van der Waals surface area contributed by atoms with Gasteiger partial charge in [-0.15, -0.1) is 11.6 Å². The van der Waals surface area contributed by atoms with Gasteiger partial charge in [-0.1, -0.05) is 30.3 Å². The minimum absolute atomic E-state index is 0.0710.